The van der Waals surface area contributed by atoms with Crippen molar-refractivity contribution in [3.8, 4) is 5.75 Å². The highest BCUT2D eigenvalue weighted by Crippen LogP contribution is 2.26. The Kier molecular flexibility index (Phi) is 2.22. The van der Waals surface area contributed by atoms with Gasteiger partial charge in [0.1, 0.15) is 5.75 Å². The second-order valence-corrected chi connectivity index (χ2v) is 4.78. The highest BCUT2D eigenvalue weighted by atomic mass is 16.5. The predicted octanol–water partition coefficient (Wildman–Crippen LogP) is 3.40. The number of hydrogen-bond donors (Lipinski definition) is 0. The molecule has 0 bridgehead atoms. The fourth-order valence-electron chi connectivity index (χ4n) is 1.83. The largest absolute Gasteiger partial charge is 0.497 e. The zero-order valence-corrected chi connectivity index (χ0v) is 9.74. The van der Waals surface area contributed by atoms with Gasteiger partial charge in [0.2, 0.25) is 0 Å². The Balaban J connectivity index is 2.62. The molecule has 1 aromatic heterocycles. The number of benzene rings is 1. The first kappa shape index (κ1) is 10.1. The topological polar surface area (TPSA) is 14.2 Å². The van der Waals surface area contributed by atoms with Crippen molar-refractivity contribution in [1.29, 1.82) is 0 Å². The Labute approximate surface area is 90.5 Å². The summed E-state index contributed by atoms with van der Waals surface area (Å²) in [4.78, 5) is 0. The number of nitrogens with zero attached hydrogens (tertiary/aromatic N) is 1. The minimum atomic E-state index is 0.121. The first-order chi connectivity index (χ1) is 7.02. The summed E-state index contributed by atoms with van der Waals surface area (Å²) >= 11 is 0. The molecular formula is C13H17NO. The molecule has 2 nitrogen and oxygen atoms in total. The molecule has 0 aliphatic rings. The molecule has 15 heavy (non-hydrogen) atoms. The number of fused-ring (bicyclic) bond motifs is 1. The quantitative estimate of drug-likeness (QED) is 0.692. The van der Waals surface area contributed by atoms with Gasteiger partial charge in [-0.2, -0.15) is 0 Å². The fraction of sp³-hybridized carbons (Fsp3) is 0.385. The van der Waals surface area contributed by atoms with Gasteiger partial charge in [-0.1, -0.05) is 0 Å². The van der Waals surface area contributed by atoms with E-state index in [2.05, 4.69) is 49.7 Å². The predicted molar refractivity (Wildman–Crippen MR) is 63.5 cm³/mol. The van der Waals surface area contributed by atoms with Gasteiger partial charge < -0.3 is 9.30 Å². The second kappa shape index (κ2) is 3.30. The third kappa shape index (κ3) is 1.72. The lowest BCUT2D eigenvalue weighted by Gasteiger charge is -2.22. The van der Waals surface area contributed by atoms with Crippen molar-refractivity contribution in [1.82, 2.24) is 4.57 Å². The van der Waals surface area contributed by atoms with Crippen LogP contribution in [-0.4, -0.2) is 11.7 Å². The second-order valence-electron chi connectivity index (χ2n) is 4.78. The summed E-state index contributed by atoms with van der Waals surface area (Å²) in [5.41, 5.74) is 1.37. The molecule has 0 saturated carbocycles. The van der Waals surface area contributed by atoms with Crippen molar-refractivity contribution in [3.63, 3.8) is 0 Å². The Morgan fingerprint density at radius 3 is 2.47 bits per heavy atom. The van der Waals surface area contributed by atoms with E-state index >= 15 is 0 Å². The van der Waals surface area contributed by atoms with Crippen molar-refractivity contribution in [2.45, 2.75) is 26.3 Å². The lowest BCUT2D eigenvalue weighted by atomic mass is 10.1. The van der Waals surface area contributed by atoms with Gasteiger partial charge in [0, 0.05) is 22.6 Å². The van der Waals surface area contributed by atoms with Gasteiger partial charge in [0.25, 0.3) is 0 Å². The average Bonchev–Trinajstić information content (AvgIpc) is 2.59. The van der Waals surface area contributed by atoms with Crippen LogP contribution in [0, 0.1) is 0 Å². The van der Waals surface area contributed by atoms with E-state index in [4.69, 9.17) is 4.74 Å². The summed E-state index contributed by atoms with van der Waals surface area (Å²) in [6.07, 6.45) is 2.13. The molecule has 0 amide bonds. The van der Waals surface area contributed by atoms with Gasteiger partial charge >= 0.3 is 0 Å². The third-order valence-electron chi connectivity index (χ3n) is 2.62. The lowest BCUT2D eigenvalue weighted by molar-refractivity contribution is 0.409. The molecule has 80 valence electrons. The summed E-state index contributed by atoms with van der Waals surface area (Å²) < 4.78 is 7.49. The van der Waals surface area contributed by atoms with Crippen LogP contribution in [0.4, 0.5) is 0 Å². The van der Waals surface area contributed by atoms with Crippen LogP contribution in [-0.2, 0) is 5.54 Å². The molecule has 0 spiro atoms. The summed E-state index contributed by atoms with van der Waals surface area (Å²) in [7, 11) is 1.70. The highest BCUT2D eigenvalue weighted by molar-refractivity contribution is 5.82. The van der Waals surface area contributed by atoms with Crippen molar-refractivity contribution >= 4 is 10.9 Å². The molecule has 0 atom stereocenters. The van der Waals surface area contributed by atoms with Crippen LogP contribution in [0.5, 0.6) is 5.75 Å². The average molecular weight is 203 g/mol. The van der Waals surface area contributed by atoms with E-state index < -0.39 is 0 Å². The van der Waals surface area contributed by atoms with Crippen molar-refractivity contribution in [2.24, 2.45) is 0 Å². The Morgan fingerprint density at radius 1 is 1.13 bits per heavy atom. The van der Waals surface area contributed by atoms with Gasteiger partial charge in [-0.25, -0.2) is 0 Å². The molecule has 0 saturated heterocycles. The number of rotatable bonds is 1. The van der Waals surface area contributed by atoms with Gasteiger partial charge in [-0.15, -0.1) is 0 Å². The van der Waals surface area contributed by atoms with E-state index in [0.29, 0.717) is 0 Å². The van der Waals surface area contributed by atoms with Crippen LogP contribution in [0.2, 0.25) is 0 Å². The minimum absolute atomic E-state index is 0.121. The number of ether oxygens (including phenoxy) is 1. The fourth-order valence-corrected chi connectivity index (χ4v) is 1.83. The Hall–Kier alpha value is -1.44. The number of methoxy groups -OCH3 is 1. The van der Waals surface area contributed by atoms with Crippen LogP contribution in [0.25, 0.3) is 10.9 Å². The summed E-state index contributed by atoms with van der Waals surface area (Å²) in [6.45, 7) is 6.62. The molecule has 2 aromatic rings. The summed E-state index contributed by atoms with van der Waals surface area (Å²) in [5.74, 6) is 0.911. The van der Waals surface area contributed by atoms with Crippen LogP contribution in [0.3, 0.4) is 0 Å². The van der Waals surface area contributed by atoms with Crippen LogP contribution in [0.1, 0.15) is 20.8 Å². The van der Waals surface area contributed by atoms with E-state index in [1.807, 2.05) is 6.07 Å². The molecule has 1 aromatic carbocycles. The highest BCUT2D eigenvalue weighted by Gasteiger charge is 2.14. The zero-order chi connectivity index (χ0) is 11.1. The molecule has 0 aliphatic carbocycles. The third-order valence-corrected chi connectivity index (χ3v) is 2.62. The number of aromatic nitrogens is 1. The lowest BCUT2D eigenvalue weighted by Crippen LogP contribution is -2.20. The molecule has 1 heterocycles. The Bertz CT molecular complexity index is 477. The summed E-state index contributed by atoms with van der Waals surface area (Å²) in [5, 5.41) is 1.23. The zero-order valence-electron chi connectivity index (χ0n) is 9.74. The maximum absolute atomic E-state index is 5.21. The SMILES string of the molecule is COc1ccc2c(ccn2C(C)(C)C)c1. The summed E-state index contributed by atoms with van der Waals surface area (Å²) in [6, 6.07) is 8.31. The van der Waals surface area contributed by atoms with Crippen LogP contribution >= 0.6 is 0 Å². The molecule has 2 heteroatoms. The van der Waals surface area contributed by atoms with Gasteiger partial charge in [0.15, 0.2) is 0 Å². The van der Waals surface area contributed by atoms with E-state index in [-0.39, 0.29) is 5.54 Å². The van der Waals surface area contributed by atoms with Crippen molar-refractivity contribution in [3.05, 3.63) is 30.5 Å². The molecular weight excluding hydrogens is 186 g/mol. The smallest absolute Gasteiger partial charge is 0.119 e. The maximum atomic E-state index is 5.21. The van der Waals surface area contributed by atoms with E-state index in [0.717, 1.165) is 5.75 Å². The molecule has 0 aliphatic heterocycles. The molecule has 0 radical (unpaired) electrons. The molecule has 0 fully saturated rings. The Morgan fingerprint density at radius 2 is 1.87 bits per heavy atom. The van der Waals surface area contributed by atoms with Gasteiger partial charge in [-0.3, -0.25) is 0 Å². The molecule has 0 N–H and O–H groups in total. The minimum Gasteiger partial charge on any atom is -0.497 e. The first-order valence-electron chi connectivity index (χ1n) is 5.18. The normalized spacial score (nSPS) is 12.0. The van der Waals surface area contributed by atoms with Crippen LogP contribution in [0.15, 0.2) is 30.5 Å². The van der Waals surface area contributed by atoms with Crippen LogP contribution < -0.4 is 4.74 Å². The van der Waals surface area contributed by atoms with E-state index in [1.54, 1.807) is 7.11 Å². The number of hydrogen-bond acceptors (Lipinski definition) is 1. The maximum Gasteiger partial charge on any atom is 0.119 e. The first-order valence-corrected chi connectivity index (χ1v) is 5.18. The van der Waals surface area contributed by atoms with Crippen molar-refractivity contribution in [2.75, 3.05) is 7.11 Å². The monoisotopic (exact) mass is 203 g/mol. The van der Waals surface area contributed by atoms with Crippen molar-refractivity contribution < 1.29 is 4.74 Å². The van der Waals surface area contributed by atoms with E-state index in [1.165, 1.54) is 10.9 Å². The van der Waals surface area contributed by atoms with Gasteiger partial charge in [0.05, 0.1) is 7.11 Å². The van der Waals surface area contributed by atoms with E-state index in [9.17, 15) is 0 Å². The molecule has 0 unspecified atom stereocenters. The standard InChI is InChI=1S/C13H17NO/c1-13(2,3)14-8-7-10-9-11(15-4)5-6-12(10)14/h5-9H,1-4H3. The van der Waals surface area contributed by atoms with Gasteiger partial charge in [-0.05, 0) is 45.0 Å². The molecule has 2 rings (SSSR count).